The van der Waals surface area contributed by atoms with E-state index in [9.17, 15) is 4.39 Å². The van der Waals surface area contributed by atoms with Gasteiger partial charge in [0.15, 0.2) is 0 Å². The number of nitrogen functional groups attached to an aromatic ring is 1. The quantitative estimate of drug-likeness (QED) is 0.733. The van der Waals surface area contributed by atoms with Crippen LogP contribution in [0.5, 0.6) is 0 Å². The Balaban J connectivity index is 2.50. The lowest BCUT2D eigenvalue weighted by Gasteiger charge is -2.30. The molecule has 2 rings (SSSR count). The average Bonchev–Trinajstić information content (AvgIpc) is 2.21. The lowest BCUT2D eigenvalue weighted by atomic mass is 9.93. The first-order chi connectivity index (χ1) is 7.51. The van der Waals surface area contributed by atoms with E-state index in [1.54, 1.807) is 23.9 Å². The van der Waals surface area contributed by atoms with Crippen LogP contribution < -0.4 is 11.5 Å². The second kappa shape index (κ2) is 3.97. The first-order valence-electron chi connectivity index (χ1n) is 4.99. The Bertz CT molecular complexity index is 447. The van der Waals surface area contributed by atoms with Gasteiger partial charge in [-0.15, -0.1) is 0 Å². The van der Waals surface area contributed by atoms with E-state index in [4.69, 9.17) is 11.5 Å². The molecule has 1 aromatic carbocycles. The molecule has 0 bridgehead atoms. The molecule has 5 heteroatoms. The number of rotatable bonds is 1. The highest BCUT2D eigenvalue weighted by atomic mass is 32.2. The molecule has 0 saturated heterocycles. The summed E-state index contributed by atoms with van der Waals surface area (Å²) in [5.41, 5.74) is 11.8. The van der Waals surface area contributed by atoms with Crippen LogP contribution in [-0.4, -0.2) is 17.3 Å². The number of benzene rings is 1. The van der Waals surface area contributed by atoms with Crippen LogP contribution in [-0.2, 0) is 5.54 Å². The van der Waals surface area contributed by atoms with E-state index in [1.807, 2.05) is 6.92 Å². The van der Waals surface area contributed by atoms with Gasteiger partial charge in [-0.3, -0.25) is 4.99 Å². The molecule has 0 aromatic heterocycles. The van der Waals surface area contributed by atoms with Gasteiger partial charge >= 0.3 is 0 Å². The van der Waals surface area contributed by atoms with Crippen molar-refractivity contribution >= 4 is 23.3 Å². The predicted octanol–water partition coefficient (Wildman–Crippen LogP) is 1.73. The molecule has 1 aromatic rings. The second-order valence-corrected chi connectivity index (χ2v) is 5.09. The monoisotopic (exact) mass is 239 g/mol. The van der Waals surface area contributed by atoms with Gasteiger partial charge in [0.1, 0.15) is 11.7 Å². The summed E-state index contributed by atoms with van der Waals surface area (Å²) < 4.78 is 13.8. The summed E-state index contributed by atoms with van der Waals surface area (Å²) in [6.07, 6.45) is 0. The summed E-state index contributed by atoms with van der Waals surface area (Å²) in [6, 6.07) is 4.56. The van der Waals surface area contributed by atoms with Gasteiger partial charge in [-0.05, 0) is 25.1 Å². The van der Waals surface area contributed by atoms with Crippen molar-refractivity contribution in [1.82, 2.24) is 0 Å². The second-order valence-electron chi connectivity index (χ2n) is 4.11. The van der Waals surface area contributed by atoms with E-state index in [2.05, 4.69) is 4.99 Å². The molecule has 1 aliphatic rings. The van der Waals surface area contributed by atoms with Crippen LogP contribution in [0.15, 0.2) is 23.2 Å². The highest BCUT2D eigenvalue weighted by Crippen LogP contribution is 2.35. The Kier molecular flexibility index (Phi) is 2.80. The number of aliphatic imine (C=N–C) groups is 1. The minimum atomic E-state index is -0.605. The molecule has 0 aliphatic carbocycles. The molecule has 16 heavy (non-hydrogen) atoms. The number of hydrogen-bond donors (Lipinski definition) is 2. The van der Waals surface area contributed by atoms with Crippen LogP contribution >= 0.6 is 11.8 Å². The molecular formula is C11H14FN3S. The fourth-order valence-electron chi connectivity index (χ4n) is 1.83. The van der Waals surface area contributed by atoms with Crippen LogP contribution in [0.4, 0.5) is 10.1 Å². The van der Waals surface area contributed by atoms with Crippen LogP contribution in [0.2, 0.25) is 0 Å². The smallest absolute Gasteiger partial charge is 0.129 e. The Morgan fingerprint density at radius 1 is 1.44 bits per heavy atom. The molecule has 3 nitrogen and oxygen atoms in total. The molecule has 0 saturated carbocycles. The first-order valence-corrected chi connectivity index (χ1v) is 6.14. The van der Waals surface area contributed by atoms with Crippen molar-refractivity contribution in [1.29, 1.82) is 0 Å². The number of halogens is 1. The van der Waals surface area contributed by atoms with Gasteiger partial charge in [-0.2, -0.15) is 11.8 Å². The highest BCUT2D eigenvalue weighted by molar-refractivity contribution is 8.00. The Labute approximate surface area is 98.1 Å². The van der Waals surface area contributed by atoms with Gasteiger partial charge in [0.25, 0.3) is 0 Å². The average molecular weight is 239 g/mol. The summed E-state index contributed by atoms with van der Waals surface area (Å²) >= 11 is 1.66. The lowest BCUT2D eigenvalue weighted by Crippen LogP contribution is -2.33. The molecule has 0 fully saturated rings. The van der Waals surface area contributed by atoms with Crippen molar-refractivity contribution in [3.05, 3.63) is 29.6 Å². The summed E-state index contributed by atoms with van der Waals surface area (Å²) in [5, 5.41) is 0. The Morgan fingerprint density at radius 2 is 2.19 bits per heavy atom. The zero-order valence-corrected chi connectivity index (χ0v) is 9.85. The highest BCUT2D eigenvalue weighted by Gasteiger charge is 2.32. The van der Waals surface area contributed by atoms with Crippen LogP contribution in [0.1, 0.15) is 12.5 Å². The first kappa shape index (κ1) is 11.3. The van der Waals surface area contributed by atoms with Gasteiger partial charge in [-0.25, -0.2) is 4.39 Å². The zero-order valence-electron chi connectivity index (χ0n) is 9.03. The van der Waals surface area contributed by atoms with Crippen molar-refractivity contribution in [2.24, 2.45) is 10.7 Å². The SMILES string of the molecule is C[C@@]1(c2cc(N)ccc2F)CSCC(N)=N1. The van der Waals surface area contributed by atoms with Crippen molar-refractivity contribution < 1.29 is 4.39 Å². The van der Waals surface area contributed by atoms with E-state index in [0.29, 0.717) is 28.6 Å². The number of nitrogens with two attached hydrogens (primary N) is 2. The van der Waals surface area contributed by atoms with Crippen LogP contribution in [0, 0.1) is 5.82 Å². The molecule has 0 unspecified atom stereocenters. The molecule has 86 valence electrons. The topological polar surface area (TPSA) is 64.4 Å². The third-order valence-electron chi connectivity index (χ3n) is 2.59. The number of hydrogen-bond acceptors (Lipinski definition) is 4. The summed E-state index contributed by atoms with van der Waals surface area (Å²) in [6.45, 7) is 1.88. The molecule has 4 N–H and O–H groups in total. The largest absolute Gasteiger partial charge is 0.399 e. The Morgan fingerprint density at radius 3 is 2.88 bits per heavy atom. The van der Waals surface area contributed by atoms with Crippen molar-refractivity contribution in [2.45, 2.75) is 12.5 Å². The molecule has 0 amide bonds. The number of nitrogens with zero attached hydrogens (tertiary/aromatic N) is 1. The third-order valence-corrected chi connectivity index (χ3v) is 3.86. The molecule has 1 heterocycles. The predicted molar refractivity (Wildman–Crippen MR) is 67.1 cm³/mol. The number of amidine groups is 1. The molecule has 0 spiro atoms. The molecule has 1 atom stereocenters. The standard InChI is InChI=1S/C11H14FN3S/c1-11(6-16-5-10(14)15-11)8-4-7(13)2-3-9(8)12/h2-4H,5-6,13H2,1H3,(H2,14,15)/t11-/m0/s1. The Hall–Kier alpha value is -1.23. The molecule has 1 aliphatic heterocycles. The molecule has 0 radical (unpaired) electrons. The van der Waals surface area contributed by atoms with E-state index in [1.165, 1.54) is 6.07 Å². The van der Waals surface area contributed by atoms with Crippen LogP contribution in [0.25, 0.3) is 0 Å². The van der Waals surface area contributed by atoms with E-state index in [-0.39, 0.29) is 5.82 Å². The van der Waals surface area contributed by atoms with Crippen molar-refractivity contribution in [3.63, 3.8) is 0 Å². The fraction of sp³-hybridized carbons (Fsp3) is 0.364. The van der Waals surface area contributed by atoms with Gasteiger partial charge in [-0.1, -0.05) is 0 Å². The zero-order chi connectivity index (χ0) is 11.8. The number of anilines is 1. The van der Waals surface area contributed by atoms with Crippen molar-refractivity contribution in [3.8, 4) is 0 Å². The summed E-state index contributed by atoms with van der Waals surface area (Å²) in [4.78, 5) is 4.36. The van der Waals surface area contributed by atoms with E-state index < -0.39 is 5.54 Å². The van der Waals surface area contributed by atoms with Gasteiger partial charge in [0.2, 0.25) is 0 Å². The van der Waals surface area contributed by atoms with Crippen molar-refractivity contribution in [2.75, 3.05) is 17.2 Å². The third kappa shape index (κ3) is 2.00. The lowest BCUT2D eigenvalue weighted by molar-refractivity contribution is 0.509. The number of thioether (sulfide) groups is 1. The normalized spacial score (nSPS) is 25.2. The van der Waals surface area contributed by atoms with E-state index in [0.717, 1.165) is 0 Å². The summed E-state index contributed by atoms with van der Waals surface area (Å²) in [5.74, 6) is 1.70. The maximum Gasteiger partial charge on any atom is 0.129 e. The minimum absolute atomic E-state index is 0.282. The van der Waals surface area contributed by atoms with E-state index >= 15 is 0 Å². The fourth-order valence-corrected chi connectivity index (χ4v) is 2.82. The van der Waals surface area contributed by atoms with Gasteiger partial charge < -0.3 is 11.5 Å². The summed E-state index contributed by atoms with van der Waals surface area (Å²) in [7, 11) is 0. The minimum Gasteiger partial charge on any atom is -0.399 e. The van der Waals surface area contributed by atoms with Gasteiger partial charge in [0, 0.05) is 17.0 Å². The van der Waals surface area contributed by atoms with Gasteiger partial charge in [0.05, 0.1) is 11.3 Å². The maximum atomic E-state index is 13.8. The maximum absolute atomic E-state index is 13.8. The molecular weight excluding hydrogens is 225 g/mol. The van der Waals surface area contributed by atoms with Crippen LogP contribution in [0.3, 0.4) is 0 Å².